The summed E-state index contributed by atoms with van der Waals surface area (Å²) in [5, 5.41) is 131. The Kier molecular flexibility index (Phi) is 24.9. The summed E-state index contributed by atoms with van der Waals surface area (Å²) < 4.78 is 25.2. The van der Waals surface area contributed by atoms with E-state index in [1.807, 2.05) is 13.8 Å². The third-order valence-electron chi connectivity index (χ3n) is 17.9. The second-order valence-corrected chi connectivity index (χ2v) is 26.3. The van der Waals surface area contributed by atoms with Crippen molar-refractivity contribution in [2.24, 2.45) is 11.8 Å². The number of hydrogen-bond acceptors (Lipinski definition) is 22. The molecule has 17 N–H and O–H groups in total. The van der Waals surface area contributed by atoms with Crippen LogP contribution in [0.15, 0.2) is 78.9 Å². The molecule has 6 heterocycles. The summed E-state index contributed by atoms with van der Waals surface area (Å²) in [6, 6.07) is 4.20. The van der Waals surface area contributed by atoms with Crippen LogP contribution in [0.3, 0.4) is 0 Å². The molecule has 14 atom stereocenters. The molecule has 0 aromatic heterocycles. The second-order valence-electron chi connectivity index (χ2n) is 25.5. The lowest BCUT2D eigenvalue weighted by Gasteiger charge is -2.39. The smallest absolute Gasteiger partial charge is 0.330 e. The Balaban J connectivity index is 1.29. The van der Waals surface area contributed by atoms with Crippen molar-refractivity contribution >= 4 is 70.4 Å². The first-order valence-corrected chi connectivity index (χ1v) is 33.4. The van der Waals surface area contributed by atoms with Gasteiger partial charge in [0.25, 0.3) is 0 Å². The molecule has 5 aromatic carbocycles. The predicted molar refractivity (Wildman–Crippen MR) is 357 cm³/mol. The van der Waals surface area contributed by atoms with E-state index in [9.17, 15) is 70.2 Å². The number of aromatic hydroxyl groups is 3. The molecule has 11 rings (SSSR count). The van der Waals surface area contributed by atoms with Crippen molar-refractivity contribution in [1.82, 2.24) is 37.2 Å². The predicted octanol–water partition coefficient (Wildman–Crippen LogP) is 4.63. The highest BCUT2D eigenvalue weighted by atomic mass is 35.5. The van der Waals surface area contributed by atoms with Gasteiger partial charge in [-0.15, -0.1) is 0 Å². The van der Waals surface area contributed by atoms with E-state index >= 15 is 19.2 Å². The summed E-state index contributed by atoms with van der Waals surface area (Å²) in [4.78, 5) is 119. The number of phenolic OH excluding ortho intramolecular Hbond substituents is 3. The van der Waals surface area contributed by atoms with E-state index in [0.29, 0.717) is 6.42 Å². The van der Waals surface area contributed by atoms with Crippen LogP contribution in [0.4, 0.5) is 4.79 Å². The molecule has 29 nitrogen and oxygen atoms in total. The van der Waals surface area contributed by atoms with Gasteiger partial charge in [-0.2, -0.15) is 0 Å². The van der Waals surface area contributed by atoms with Crippen LogP contribution in [0.1, 0.15) is 137 Å². The Morgan fingerprint density at radius 3 is 1.93 bits per heavy atom. The number of ketones is 2. The van der Waals surface area contributed by atoms with Crippen molar-refractivity contribution in [1.29, 1.82) is 0 Å². The van der Waals surface area contributed by atoms with E-state index in [0.717, 1.165) is 80.6 Å². The Hall–Kier alpha value is -8.88. The molecular formula is C69H81Cl2N7O22. The molecule has 31 heteroatoms. The number of hydrogen-bond donors (Lipinski definition) is 17. The second kappa shape index (κ2) is 33.1. The fraction of sp³-hybridized carbons (Fsp3) is 0.449. The fourth-order valence-electron chi connectivity index (χ4n) is 12.4. The Bertz CT molecular complexity index is 3900. The molecule has 6 amide bonds. The van der Waals surface area contributed by atoms with E-state index in [4.69, 9.17) is 42.1 Å². The summed E-state index contributed by atoms with van der Waals surface area (Å²) >= 11 is 14.0. The third kappa shape index (κ3) is 17.3. The number of carbonyl (C=O) groups excluding carboxylic acids is 7. The highest BCUT2D eigenvalue weighted by Gasteiger charge is 2.47. The van der Waals surface area contributed by atoms with E-state index in [1.54, 1.807) is 0 Å². The van der Waals surface area contributed by atoms with Gasteiger partial charge in [-0.25, -0.2) is 9.59 Å². The fourth-order valence-corrected chi connectivity index (χ4v) is 12.8. The number of amides is 6. The van der Waals surface area contributed by atoms with Crippen LogP contribution in [0.25, 0.3) is 11.1 Å². The molecule has 6 aliphatic heterocycles. The first-order valence-electron chi connectivity index (χ1n) is 32.6. The Morgan fingerprint density at radius 1 is 0.670 bits per heavy atom. The lowest BCUT2D eigenvalue weighted by molar-refractivity contribution is -0.277. The number of urea groups is 1. The molecule has 538 valence electrons. The van der Waals surface area contributed by atoms with E-state index in [-0.39, 0.29) is 57.7 Å². The molecule has 11 bridgehead atoms. The van der Waals surface area contributed by atoms with Gasteiger partial charge in [0.1, 0.15) is 83.5 Å². The number of nitrogens with one attached hydrogen (secondary N) is 7. The topological polar surface area (TPSA) is 460 Å². The van der Waals surface area contributed by atoms with Crippen LogP contribution in [0, 0.1) is 11.8 Å². The van der Waals surface area contributed by atoms with E-state index in [1.165, 1.54) is 37.4 Å². The number of phenols is 3. The number of unbranched alkanes of at least 4 members (excludes halogenated alkanes) is 5. The van der Waals surface area contributed by atoms with Crippen molar-refractivity contribution in [2.75, 3.05) is 26.7 Å². The largest absolute Gasteiger partial charge is 0.508 e. The van der Waals surface area contributed by atoms with Gasteiger partial charge in [-0.05, 0) is 103 Å². The number of aliphatic hydroxyl groups is 6. The van der Waals surface area contributed by atoms with Crippen LogP contribution >= 0.6 is 23.2 Å². The number of Topliss-reactive ketones (excluding diaryl/α,β-unsaturated/α-hetero) is 2. The lowest BCUT2D eigenvalue weighted by atomic mass is 9.84. The first kappa shape index (κ1) is 75.3. The van der Waals surface area contributed by atoms with Crippen LogP contribution < -0.4 is 51.4 Å². The third-order valence-corrected chi connectivity index (χ3v) is 18.5. The highest BCUT2D eigenvalue weighted by molar-refractivity contribution is 6.32. The van der Waals surface area contributed by atoms with Crippen LogP contribution in [0.5, 0.6) is 46.0 Å². The normalized spacial score (nSPS) is 25.1. The first-order chi connectivity index (χ1) is 47.6. The number of benzene rings is 5. The van der Waals surface area contributed by atoms with Crippen LogP contribution in [-0.4, -0.2) is 174 Å². The summed E-state index contributed by atoms with van der Waals surface area (Å²) in [6.45, 7) is 4.39. The number of rotatable bonds is 18. The molecule has 1 saturated heterocycles. The zero-order valence-corrected chi connectivity index (χ0v) is 56.3. The average molecular weight is 1430 g/mol. The van der Waals surface area contributed by atoms with Crippen molar-refractivity contribution in [2.45, 2.75) is 158 Å². The average Bonchev–Trinajstić information content (AvgIpc) is 0.770. The monoisotopic (exact) mass is 1430 g/mol. The number of likely N-dealkylation sites (N-methyl/N-ethyl adjacent to an activating group) is 1. The maximum absolute atomic E-state index is 16.2. The molecule has 0 aliphatic carbocycles. The summed E-state index contributed by atoms with van der Waals surface area (Å²) in [6.07, 6.45) is -10.2. The molecule has 0 saturated carbocycles. The number of carboxylic acid groups (broad SMARTS) is 1. The maximum atomic E-state index is 16.2. The van der Waals surface area contributed by atoms with Gasteiger partial charge in [-0.1, -0.05) is 94.3 Å². The van der Waals surface area contributed by atoms with Gasteiger partial charge in [0, 0.05) is 48.7 Å². The number of aliphatic hydroxyl groups excluding tert-OH is 6. The van der Waals surface area contributed by atoms with Gasteiger partial charge < -0.3 is 107 Å². The molecule has 1 fully saturated rings. The van der Waals surface area contributed by atoms with Gasteiger partial charge >= 0.3 is 12.0 Å². The number of carbonyl (C=O) groups is 8. The zero-order valence-electron chi connectivity index (χ0n) is 54.8. The van der Waals surface area contributed by atoms with E-state index in [2.05, 4.69) is 44.1 Å². The van der Waals surface area contributed by atoms with Gasteiger partial charge in [-0.3, -0.25) is 28.8 Å². The number of halogens is 2. The minimum Gasteiger partial charge on any atom is -0.508 e. The number of ether oxygens (including phenoxy) is 4. The molecule has 0 radical (unpaired) electrons. The summed E-state index contributed by atoms with van der Waals surface area (Å²) in [5.41, 5.74) is -2.27. The standard InChI is InChI=1S/C69H81Cl2N7O22/c1-5-6-7-8-9-10-17-73-69(96)74-28-35-22-45(83)55(77-65(92)42(72-4)18-30(2)3)57(85)32-12-15-47(40(70)20-32)97-49-23-34-24-50(62(49)100-68-61(89)60(88)59(87)51(29-79)99-68)98-48-16-13-33(21-41(48)71)58(86)56-66(93)76-54(67(94)95)39-25-36(80)26-44(82)52(39)38-19-31(11-14-43(38)81)37(64(91)78-56)27-46(84)53(34)75-63(35)90/h11-16,19-21,23-26,30,35,37,42,51,53-61,68,72,79-82,85-89H,5-10,17-18,22,27-29H2,1-4H3,(H,75,90)(H,76,93)(H,77,92)(H,78,91)(H,94,95)(H2,73,74,96)/t35-,37+,42+,51?,53+,54-,55-,56+,57+,58+,59?,60?,61?,68?/m0/s1. The molecule has 100 heavy (non-hydrogen) atoms. The van der Waals surface area contributed by atoms with Gasteiger partial charge in [0.15, 0.2) is 29.1 Å². The molecular weight excluding hydrogens is 1350 g/mol. The quantitative estimate of drug-likeness (QED) is 0.0532. The van der Waals surface area contributed by atoms with Crippen molar-refractivity contribution < 1.29 is 108 Å². The number of carboxylic acids is 1. The number of fused-ring (bicyclic) bond motifs is 15. The number of aliphatic carboxylic acids is 1. The van der Waals surface area contributed by atoms with Crippen molar-refractivity contribution in [3.8, 4) is 57.1 Å². The Labute approximate surface area is 583 Å². The van der Waals surface area contributed by atoms with Gasteiger partial charge in [0.2, 0.25) is 35.7 Å². The minimum absolute atomic E-state index is 0.0593. The minimum atomic E-state index is -2.22. The zero-order chi connectivity index (χ0) is 72.5. The lowest BCUT2D eigenvalue weighted by Crippen LogP contribution is -2.60. The van der Waals surface area contributed by atoms with Crippen molar-refractivity contribution in [3.05, 3.63) is 117 Å². The highest BCUT2D eigenvalue weighted by Crippen LogP contribution is 2.50. The van der Waals surface area contributed by atoms with Crippen LogP contribution in [-0.2, 0) is 38.3 Å². The summed E-state index contributed by atoms with van der Waals surface area (Å²) in [5.74, 6) is -16.7. The SMILES string of the molecule is CCCCCCCCNC(=O)NC[C@@H]1CC(=O)[C@H](NC(=O)[C@@H](CC(C)C)NC)[C@H](O)c2ccc(c(Cl)c2)Oc2cc3cc(c2OC2OC(CO)C(O)C(O)C2O)Oc2ccc(cc2Cl)[C@@H](O)[C@H]2NC(=O)[C@H](CC(=O)[C@@H]3NC1=O)c1ccc(O)c(c1)-c1c(O)cc(O)cc1[C@@H](C(=O)O)NC2=O. The maximum Gasteiger partial charge on any atom is 0.330 e. The van der Waals surface area contributed by atoms with Crippen molar-refractivity contribution in [3.63, 3.8) is 0 Å². The van der Waals surface area contributed by atoms with E-state index < -0.39 is 214 Å². The Morgan fingerprint density at radius 2 is 1.31 bits per heavy atom. The van der Waals surface area contributed by atoms with Crippen LogP contribution in [0.2, 0.25) is 10.0 Å². The summed E-state index contributed by atoms with van der Waals surface area (Å²) in [7, 11) is 1.52. The molecule has 5 unspecified atom stereocenters. The molecule has 0 spiro atoms. The molecule has 5 aromatic rings. The molecule has 6 aliphatic rings. The van der Waals surface area contributed by atoms with Gasteiger partial charge in [0.05, 0.1) is 34.5 Å².